The Labute approximate surface area is 183 Å². The first-order chi connectivity index (χ1) is 15.4. The first-order valence-electron chi connectivity index (χ1n) is 9.92. The van der Waals surface area contributed by atoms with Gasteiger partial charge in [-0.2, -0.15) is 5.26 Å². The molecule has 2 aromatic heterocycles. The van der Waals surface area contributed by atoms with Gasteiger partial charge in [-0.1, -0.05) is 6.07 Å². The molecule has 0 bridgehead atoms. The number of nitriles is 1. The molecule has 0 aliphatic carbocycles. The van der Waals surface area contributed by atoms with E-state index in [9.17, 15) is 14.4 Å². The van der Waals surface area contributed by atoms with Gasteiger partial charge >= 0.3 is 5.97 Å². The normalized spacial score (nSPS) is 11.1. The fraction of sp³-hybridized carbons (Fsp3) is 0.208. The maximum absolute atomic E-state index is 14.3. The molecule has 0 saturated heterocycles. The van der Waals surface area contributed by atoms with E-state index in [0.717, 1.165) is 16.3 Å². The minimum absolute atomic E-state index is 0.0898. The van der Waals surface area contributed by atoms with Gasteiger partial charge in [-0.05, 0) is 44.2 Å². The van der Waals surface area contributed by atoms with E-state index in [0.29, 0.717) is 16.8 Å². The summed E-state index contributed by atoms with van der Waals surface area (Å²) in [6.07, 6.45) is 1.27. The quantitative estimate of drug-likeness (QED) is 0.418. The number of nitrogens with zero attached hydrogens (tertiary/aromatic N) is 2. The predicted octanol–water partition coefficient (Wildman–Crippen LogP) is 5.23. The predicted molar refractivity (Wildman–Crippen MR) is 116 cm³/mol. The molecule has 0 fully saturated rings. The Hall–Kier alpha value is -3.96. The fourth-order valence-corrected chi connectivity index (χ4v) is 3.55. The number of pyridine rings is 1. The number of fused-ring (bicyclic) bond motifs is 3. The Balaban J connectivity index is 1.88. The van der Waals surface area contributed by atoms with Crippen molar-refractivity contribution >= 4 is 27.8 Å². The molecule has 32 heavy (non-hydrogen) atoms. The van der Waals surface area contributed by atoms with Gasteiger partial charge in [0.2, 0.25) is 0 Å². The minimum atomic E-state index is -0.633. The number of nitrogens with one attached hydrogen (secondary N) is 1. The lowest BCUT2D eigenvalue weighted by Gasteiger charge is -2.12. The molecule has 4 aromatic rings. The number of aromatic amines is 1. The second kappa shape index (κ2) is 8.65. The van der Waals surface area contributed by atoms with Crippen LogP contribution in [0, 0.1) is 17.1 Å². The van der Waals surface area contributed by atoms with E-state index < -0.39 is 11.8 Å². The van der Waals surface area contributed by atoms with E-state index in [-0.39, 0.29) is 29.7 Å². The van der Waals surface area contributed by atoms with Gasteiger partial charge in [-0.3, -0.25) is 0 Å². The molecule has 7 nitrogen and oxygen atoms in total. The summed E-state index contributed by atoms with van der Waals surface area (Å²) >= 11 is 0. The van der Waals surface area contributed by atoms with Crippen LogP contribution in [0.2, 0.25) is 0 Å². The van der Waals surface area contributed by atoms with Crippen molar-refractivity contribution < 1.29 is 23.4 Å². The number of ether oxygens (including phenoxy) is 3. The summed E-state index contributed by atoms with van der Waals surface area (Å²) in [6, 6.07) is 11.3. The molecule has 0 aliphatic rings. The van der Waals surface area contributed by atoms with E-state index in [4.69, 9.17) is 14.2 Å². The van der Waals surface area contributed by atoms with E-state index in [1.54, 1.807) is 38.2 Å². The standard InChI is InChI=1S/C24H20FN3O4/c1-13(2)31-24(29)22-17(12-30-3)21-16-9-15(7-8-19(16)28-20(21)11-27-22)32-23-14(10-26)5-4-6-18(23)25/h4-9,11,13,28H,12H2,1-3H3. The Bertz CT molecular complexity index is 1370. The largest absolute Gasteiger partial charge is 0.458 e. The van der Waals surface area contributed by atoms with Crippen LogP contribution < -0.4 is 4.74 Å². The molecule has 0 spiro atoms. The van der Waals surface area contributed by atoms with Gasteiger partial charge < -0.3 is 19.2 Å². The smallest absolute Gasteiger partial charge is 0.357 e. The highest BCUT2D eigenvalue weighted by Crippen LogP contribution is 2.35. The lowest BCUT2D eigenvalue weighted by molar-refractivity contribution is 0.0366. The van der Waals surface area contributed by atoms with Crippen molar-refractivity contribution in [2.45, 2.75) is 26.6 Å². The van der Waals surface area contributed by atoms with Crippen LogP contribution in [0.1, 0.15) is 35.5 Å². The summed E-state index contributed by atoms with van der Waals surface area (Å²) in [5, 5.41) is 10.7. The second-order valence-electron chi connectivity index (χ2n) is 7.42. The molecule has 4 rings (SSSR count). The molecular formula is C24H20FN3O4. The van der Waals surface area contributed by atoms with Crippen LogP contribution in [-0.2, 0) is 16.1 Å². The number of benzene rings is 2. The van der Waals surface area contributed by atoms with Crippen LogP contribution in [0.25, 0.3) is 21.8 Å². The van der Waals surface area contributed by atoms with Gasteiger partial charge in [0.15, 0.2) is 17.3 Å². The highest BCUT2D eigenvalue weighted by atomic mass is 19.1. The molecule has 1 N–H and O–H groups in total. The molecule has 8 heteroatoms. The maximum Gasteiger partial charge on any atom is 0.357 e. The van der Waals surface area contributed by atoms with Crippen LogP contribution in [-0.4, -0.2) is 29.2 Å². The molecule has 0 radical (unpaired) electrons. The van der Waals surface area contributed by atoms with Crippen molar-refractivity contribution in [3.8, 4) is 17.6 Å². The number of aromatic nitrogens is 2. The third-order valence-electron chi connectivity index (χ3n) is 4.84. The summed E-state index contributed by atoms with van der Waals surface area (Å²) < 4.78 is 30.7. The van der Waals surface area contributed by atoms with Crippen molar-refractivity contribution in [2.75, 3.05) is 7.11 Å². The Morgan fingerprint density at radius 1 is 1.25 bits per heavy atom. The lowest BCUT2D eigenvalue weighted by atomic mass is 10.1. The zero-order valence-corrected chi connectivity index (χ0v) is 17.7. The van der Waals surface area contributed by atoms with Crippen molar-refractivity contribution in [1.82, 2.24) is 9.97 Å². The summed E-state index contributed by atoms with van der Waals surface area (Å²) in [5.41, 5.74) is 2.31. The molecule has 0 unspecified atom stereocenters. The number of hydrogen-bond acceptors (Lipinski definition) is 6. The molecule has 162 valence electrons. The van der Waals surface area contributed by atoms with Crippen LogP contribution >= 0.6 is 0 Å². The monoisotopic (exact) mass is 433 g/mol. The van der Waals surface area contributed by atoms with Gasteiger partial charge in [0, 0.05) is 29.0 Å². The molecule has 0 amide bonds. The molecular weight excluding hydrogens is 413 g/mol. The number of H-pyrrole nitrogens is 1. The van der Waals surface area contributed by atoms with Crippen molar-refractivity contribution in [3.63, 3.8) is 0 Å². The number of carbonyl (C=O) groups excluding carboxylic acids is 1. The second-order valence-corrected chi connectivity index (χ2v) is 7.42. The number of hydrogen-bond donors (Lipinski definition) is 1. The average Bonchev–Trinajstić information content (AvgIpc) is 3.13. The first kappa shape index (κ1) is 21.3. The Kier molecular flexibility index (Phi) is 5.75. The molecule has 0 saturated carbocycles. The summed E-state index contributed by atoms with van der Waals surface area (Å²) in [4.78, 5) is 20.2. The third kappa shape index (κ3) is 3.86. The van der Waals surface area contributed by atoms with Crippen molar-refractivity contribution in [2.24, 2.45) is 0 Å². The maximum atomic E-state index is 14.3. The molecule has 0 atom stereocenters. The molecule has 2 heterocycles. The number of para-hydroxylation sites is 1. The minimum Gasteiger partial charge on any atom is -0.458 e. The SMILES string of the molecule is COCc1c(C(=O)OC(C)C)ncc2[nH]c3ccc(Oc4c(F)cccc4C#N)cc3c12. The number of halogens is 1. The zero-order chi connectivity index (χ0) is 22.8. The highest BCUT2D eigenvalue weighted by Gasteiger charge is 2.22. The number of rotatable bonds is 6. The molecule has 0 aliphatic heterocycles. The Morgan fingerprint density at radius 2 is 2.06 bits per heavy atom. The van der Waals surface area contributed by atoms with Crippen LogP contribution in [0.5, 0.6) is 11.5 Å². The first-order valence-corrected chi connectivity index (χ1v) is 9.92. The van der Waals surface area contributed by atoms with E-state index in [2.05, 4.69) is 9.97 Å². The highest BCUT2D eigenvalue weighted by molar-refractivity contribution is 6.11. The van der Waals surface area contributed by atoms with E-state index >= 15 is 0 Å². The van der Waals surface area contributed by atoms with E-state index in [1.165, 1.54) is 25.3 Å². The molecule has 2 aromatic carbocycles. The average molecular weight is 433 g/mol. The van der Waals surface area contributed by atoms with Crippen LogP contribution in [0.4, 0.5) is 4.39 Å². The zero-order valence-electron chi connectivity index (χ0n) is 17.7. The van der Waals surface area contributed by atoms with Crippen molar-refractivity contribution in [3.05, 3.63) is 65.2 Å². The van der Waals surface area contributed by atoms with Gasteiger partial charge in [-0.25, -0.2) is 14.2 Å². The lowest BCUT2D eigenvalue weighted by Crippen LogP contribution is -2.15. The van der Waals surface area contributed by atoms with Crippen LogP contribution in [0.15, 0.2) is 42.6 Å². The topological polar surface area (TPSA) is 97.2 Å². The van der Waals surface area contributed by atoms with Gasteiger partial charge in [0.25, 0.3) is 0 Å². The number of methoxy groups -OCH3 is 1. The van der Waals surface area contributed by atoms with E-state index in [1.807, 2.05) is 6.07 Å². The van der Waals surface area contributed by atoms with Crippen molar-refractivity contribution in [1.29, 1.82) is 5.26 Å². The summed E-state index contributed by atoms with van der Waals surface area (Å²) in [5.74, 6) is -0.979. The summed E-state index contributed by atoms with van der Waals surface area (Å²) in [6.45, 7) is 3.66. The Morgan fingerprint density at radius 3 is 2.78 bits per heavy atom. The number of esters is 1. The van der Waals surface area contributed by atoms with Gasteiger partial charge in [0.05, 0.1) is 30.0 Å². The fourth-order valence-electron chi connectivity index (χ4n) is 3.55. The number of carbonyl (C=O) groups is 1. The van der Waals surface area contributed by atoms with Gasteiger partial charge in [0.1, 0.15) is 11.8 Å². The van der Waals surface area contributed by atoms with Gasteiger partial charge in [-0.15, -0.1) is 0 Å². The van der Waals surface area contributed by atoms with Crippen LogP contribution in [0.3, 0.4) is 0 Å². The summed E-state index contributed by atoms with van der Waals surface area (Å²) in [7, 11) is 1.53. The third-order valence-corrected chi connectivity index (χ3v) is 4.84.